The minimum absolute atomic E-state index is 0.0782. The van der Waals surface area contributed by atoms with Crippen molar-refractivity contribution in [3.63, 3.8) is 0 Å². The number of carbonyl (C=O) groups excluding carboxylic acids is 1. The van der Waals surface area contributed by atoms with Gasteiger partial charge in [0.15, 0.2) is 0 Å². The minimum atomic E-state index is 0.0782. The number of carbonyl (C=O) groups is 1. The van der Waals surface area contributed by atoms with Gasteiger partial charge in [0.05, 0.1) is 12.3 Å². The van der Waals surface area contributed by atoms with Gasteiger partial charge in [0, 0.05) is 12.5 Å². The molecule has 1 amide bonds. The van der Waals surface area contributed by atoms with Gasteiger partial charge in [-0.25, -0.2) is 0 Å². The van der Waals surface area contributed by atoms with E-state index in [4.69, 9.17) is 4.42 Å². The molecule has 2 atom stereocenters. The maximum Gasteiger partial charge on any atom is 0.222 e. The molecule has 0 aliphatic heterocycles. The van der Waals surface area contributed by atoms with Crippen molar-refractivity contribution < 1.29 is 9.21 Å². The predicted octanol–water partition coefficient (Wildman–Crippen LogP) is 2.43. The molecular weight excluding hydrogens is 228 g/mol. The Labute approximate surface area is 109 Å². The summed E-state index contributed by atoms with van der Waals surface area (Å²) in [5, 5.41) is 3.00. The van der Waals surface area contributed by atoms with E-state index in [9.17, 15) is 4.79 Å². The summed E-state index contributed by atoms with van der Waals surface area (Å²) in [6.45, 7) is 4.64. The molecule has 0 radical (unpaired) electrons. The highest BCUT2D eigenvalue weighted by molar-refractivity contribution is 5.78. The maximum absolute atomic E-state index is 11.9. The van der Waals surface area contributed by atoms with Crippen LogP contribution in [0.25, 0.3) is 0 Å². The van der Waals surface area contributed by atoms with Gasteiger partial charge in [-0.2, -0.15) is 0 Å². The fourth-order valence-corrected chi connectivity index (χ4v) is 1.95. The van der Waals surface area contributed by atoms with Crippen LogP contribution in [0.15, 0.2) is 22.8 Å². The molecule has 0 saturated heterocycles. The Hall–Kier alpha value is -1.29. The monoisotopic (exact) mass is 252 g/mol. The second-order valence-corrected chi connectivity index (χ2v) is 4.93. The molecule has 0 spiro atoms. The van der Waals surface area contributed by atoms with Crippen molar-refractivity contribution in [2.24, 2.45) is 5.92 Å². The van der Waals surface area contributed by atoms with Crippen LogP contribution in [0.2, 0.25) is 0 Å². The number of amides is 1. The molecule has 0 aliphatic rings. The lowest BCUT2D eigenvalue weighted by molar-refractivity contribution is -0.124. The van der Waals surface area contributed by atoms with Crippen LogP contribution in [0, 0.1) is 5.92 Å². The summed E-state index contributed by atoms with van der Waals surface area (Å²) in [6.07, 6.45) is 3.62. The molecule has 18 heavy (non-hydrogen) atoms. The van der Waals surface area contributed by atoms with Crippen LogP contribution in [-0.4, -0.2) is 31.4 Å². The summed E-state index contributed by atoms with van der Waals surface area (Å²) >= 11 is 0. The van der Waals surface area contributed by atoms with Crippen molar-refractivity contribution in [3.8, 4) is 0 Å². The summed E-state index contributed by atoms with van der Waals surface area (Å²) in [7, 11) is 3.96. The predicted molar refractivity (Wildman–Crippen MR) is 72.2 cm³/mol. The molecular formula is C14H24N2O2. The number of rotatable bonds is 7. The molecule has 0 fully saturated rings. The molecule has 0 saturated carbocycles. The Balaban J connectivity index is 2.51. The number of likely N-dealkylation sites (N-methyl/N-ethyl adjacent to an activating group) is 1. The van der Waals surface area contributed by atoms with Crippen molar-refractivity contribution in [1.29, 1.82) is 0 Å². The highest BCUT2D eigenvalue weighted by Crippen LogP contribution is 2.17. The zero-order chi connectivity index (χ0) is 13.5. The van der Waals surface area contributed by atoms with E-state index in [-0.39, 0.29) is 17.9 Å². The van der Waals surface area contributed by atoms with Gasteiger partial charge < -0.3 is 9.73 Å². The average Bonchev–Trinajstić information content (AvgIpc) is 2.82. The highest BCUT2D eigenvalue weighted by Gasteiger charge is 2.19. The first-order valence-electron chi connectivity index (χ1n) is 6.53. The van der Waals surface area contributed by atoms with Gasteiger partial charge in [0.2, 0.25) is 5.91 Å². The SMILES string of the molecule is CCCC(C)C(=O)NCC(c1ccco1)N(C)C. The molecule has 1 aromatic heterocycles. The zero-order valence-corrected chi connectivity index (χ0v) is 11.8. The van der Waals surface area contributed by atoms with Crippen LogP contribution < -0.4 is 5.32 Å². The summed E-state index contributed by atoms with van der Waals surface area (Å²) < 4.78 is 5.40. The second kappa shape index (κ2) is 7.21. The smallest absolute Gasteiger partial charge is 0.222 e. The van der Waals surface area contributed by atoms with Crippen molar-refractivity contribution in [1.82, 2.24) is 10.2 Å². The van der Waals surface area contributed by atoms with E-state index in [2.05, 4.69) is 12.2 Å². The van der Waals surface area contributed by atoms with Gasteiger partial charge in [0.25, 0.3) is 0 Å². The lowest BCUT2D eigenvalue weighted by Crippen LogP contribution is -2.36. The van der Waals surface area contributed by atoms with E-state index in [1.54, 1.807) is 6.26 Å². The van der Waals surface area contributed by atoms with E-state index in [0.29, 0.717) is 6.54 Å². The Morgan fingerprint density at radius 2 is 2.22 bits per heavy atom. The molecule has 0 aliphatic carbocycles. The van der Waals surface area contributed by atoms with Crippen LogP contribution in [0.3, 0.4) is 0 Å². The topological polar surface area (TPSA) is 45.5 Å². The van der Waals surface area contributed by atoms with Crippen LogP contribution >= 0.6 is 0 Å². The van der Waals surface area contributed by atoms with Gasteiger partial charge in [-0.1, -0.05) is 20.3 Å². The fraction of sp³-hybridized carbons (Fsp3) is 0.643. The summed E-state index contributed by atoms with van der Waals surface area (Å²) in [6, 6.07) is 3.89. The van der Waals surface area contributed by atoms with E-state index >= 15 is 0 Å². The Bertz CT molecular complexity index is 347. The largest absolute Gasteiger partial charge is 0.468 e. The van der Waals surface area contributed by atoms with Gasteiger partial charge in [-0.15, -0.1) is 0 Å². The minimum Gasteiger partial charge on any atom is -0.468 e. The number of hydrogen-bond donors (Lipinski definition) is 1. The first-order chi connectivity index (χ1) is 8.56. The third-order valence-corrected chi connectivity index (χ3v) is 3.13. The standard InChI is InChI=1S/C14H24N2O2/c1-5-7-11(2)14(17)15-10-12(16(3)4)13-8-6-9-18-13/h6,8-9,11-12H,5,7,10H2,1-4H3,(H,15,17). The number of hydrogen-bond acceptors (Lipinski definition) is 3. The lowest BCUT2D eigenvalue weighted by Gasteiger charge is -2.23. The summed E-state index contributed by atoms with van der Waals surface area (Å²) in [5.74, 6) is 1.08. The second-order valence-electron chi connectivity index (χ2n) is 4.93. The normalized spacial score (nSPS) is 14.5. The number of furan rings is 1. The van der Waals surface area contributed by atoms with Crippen molar-refractivity contribution in [2.45, 2.75) is 32.7 Å². The lowest BCUT2D eigenvalue weighted by atomic mass is 10.1. The maximum atomic E-state index is 11.9. The molecule has 1 rings (SSSR count). The Morgan fingerprint density at radius 3 is 2.72 bits per heavy atom. The van der Waals surface area contributed by atoms with Crippen LogP contribution in [0.4, 0.5) is 0 Å². The third-order valence-electron chi connectivity index (χ3n) is 3.13. The molecule has 1 N–H and O–H groups in total. The average molecular weight is 252 g/mol. The zero-order valence-electron chi connectivity index (χ0n) is 11.8. The van der Waals surface area contributed by atoms with Crippen molar-refractivity contribution in [3.05, 3.63) is 24.2 Å². The highest BCUT2D eigenvalue weighted by atomic mass is 16.3. The molecule has 0 bridgehead atoms. The molecule has 4 heteroatoms. The van der Waals surface area contributed by atoms with E-state index in [1.807, 2.05) is 38.1 Å². The molecule has 2 unspecified atom stereocenters. The summed E-state index contributed by atoms with van der Waals surface area (Å²) in [4.78, 5) is 13.9. The molecule has 1 heterocycles. The van der Waals surface area contributed by atoms with Crippen LogP contribution in [0.1, 0.15) is 38.5 Å². The van der Waals surface area contributed by atoms with Crippen LogP contribution in [0.5, 0.6) is 0 Å². The third kappa shape index (κ3) is 4.18. The molecule has 102 valence electrons. The van der Waals surface area contributed by atoms with E-state index in [0.717, 1.165) is 18.6 Å². The number of nitrogens with zero attached hydrogens (tertiary/aromatic N) is 1. The summed E-state index contributed by atoms with van der Waals surface area (Å²) in [5.41, 5.74) is 0. The van der Waals surface area contributed by atoms with E-state index < -0.39 is 0 Å². The first-order valence-corrected chi connectivity index (χ1v) is 6.53. The van der Waals surface area contributed by atoms with Crippen molar-refractivity contribution >= 4 is 5.91 Å². The van der Waals surface area contributed by atoms with E-state index in [1.165, 1.54) is 0 Å². The van der Waals surface area contributed by atoms with Gasteiger partial charge in [-0.05, 0) is 32.6 Å². The van der Waals surface area contributed by atoms with Crippen molar-refractivity contribution in [2.75, 3.05) is 20.6 Å². The molecule has 0 aromatic carbocycles. The Morgan fingerprint density at radius 1 is 1.50 bits per heavy atom. The van der Waals surface area contributed by atoms with Gasteiger partial charge in [-0.3, -0.25) is 9.69 Å². The number of nitrogens with one attached hydrogen (secondary N) is 1. The van der Waals surface area contributed by atoms with Gasteiger partial charge in [0.1, 0.15) is 5.76 Å². The first kappa shape index (κ1) is 14.8. The quantitative estimate of drug-likeness (QED) is 0.810. The fourth-order valence-electron chi connectivity index (χ4n) is 1.95. The van der Waals surface area contributed by atoms with Crippen LogP contribution in [-0.2, 0) is 4.79 Å². The molecule has 4 nitrogen and oxygen atoms in total. The molecule has 1 aromatic rings. The van der Waals surface area contributed by atoms with Gasteiger partial charge >= 0.3 is 0 Å². The Kier molecular flexibility index (Phi) is 5.92.